The second-order valence-electron chi connectivity index (χ2n) is 4.51. The molecule has 0 aromatic carbocycles. The zero-order valence-corrected chi connectivity index (χ0v) is 12.6. The summed E-state index contributed by atoms with van der Waals surface area (Å²) >= 11 is 5.48. The maximum atomic E-state index is 5.45. The normalized spacial score (nSPS) is 19.4. The molecule has 1 aliphatic heterocycles. The van der Waals surface area contributed by atoms with E-state index in [1.54, 1.807) is 0 Å². The lowest BCUT2D eigenvalue weighted by molar-refractivity contribution is 0.0540. The Balaban J connectivity index is 1.98. The molecule has 2 rings (SSSR count). The van der Waals surface area contributed by atoms with E-state index >= 15 is 0 Å². The smallest absolute Gasteiger partial charge is 0.0469 e. The number of hydrogen-bond acceptors (Lipinski definition) is 3. The molecular weight excluding hydrogens is 298 g/mol. The van der Waals surface area contributed by atoms with Crippen molar-refractivity contribution in [2.75, 3.05) is 19.8 Å². The van der Waals surface area contributed by atoms with Crippen molar-refractivity contribution in [3.8, 4) is 0 Å². The molecule has 1 aromatic heterocycles. The lowest BCUT2D eigenvalue weighted by atomic mass is 9.89. The molecule has 0 radical (unpaired) electrons. The third-order valence-electron chi connectivity index (χ3n) is 3.40. The number of hydrogen-bond donors (Lipinski definition) is 1. The van der Waals surface area contributed by atoms with Crippen LogP contribution in [0.5, 0.6) is 0 Å². The summed E-state index contributed by atoms with van der Waals surface area (Å²) in [6.07, 6.45) is 3.53. The Morgan fingerprint density at radius 1 is 1.53 bits per heavy atom. The van der Waals surface area contributed by atoms with Crippen molar-refractivity contribution >= 4 is 27.3 Å². The van der Waals surface area contributed by atoms with Crippen LogP contribution in [0.25, 0.3) is 0 Å². The summed E-state index contributed by atoms with van der Waals surface area (Å²) in [5, 5.41) is 5.81. The van der Waals surface area contributed by atoms with Crippen LogP contribution < -0.4 is 5.32 Å². The first-order valence-corrected chi connectivity index (χ1v) is 8.01. The van der Waals surface area contributed by atoms with Crippen molar-refractivity contribution in [1.29, 1.82) is 0 Å². The molecule has 1 fully saturated rings. The first-order chi connectivity index (χ1) is 8.31. The number of nitrogens with one attached hydrogen (secondary N) is 1. The predicted molar refractivity (Wildman–Crippen MR) is 76.7 cm³/mol. The van der Waals surface area contributed by atoms with Gasteiger partial charge in [-0.3, -0.25) is 0 Å². The molecule has 2 nitrogen and oxygen atoms in total. The van der Waals surface area contributed by atoms with E-state index in [1.807, 2.05) is 11.3 Å². The molecule has 0 bridgehead atoms. The van der Waals surface area contributed by atoms with Gasteiger partial charge in [0.2, 0.25) is 0 Å². The number of rotatable bonds is 5. The van der Waals surface area contributed by atoms with Crippen LogP contribution in [0.2, 0.25) is 0 Å². The molecule has 1 atom stereocenters. The molecule has 0 amide bonds. The van der Waals surface area contributed by atoms with Gasteiger partial charge in [-0.2, -0.15) is 0 Å². The highest BCUT2D eigenvalue weighted by atomic mass is 79.9. The van der Waals surface area contributed by atoms with Crippen LogP contribution in [0.1, 0.15) is 24.6 Å². The minimum absolute atomic E-state index is 0.596. The maximum absolute atomic E-state index is 5.45. The van der Waals surface area contributed by atoms with Gasteiger partial charge >= 0.3 is 0 Å². The van der Waals surface area contributed by atoms with Crippen LogP contribution in [0, 0.1) is 5.92 Å². The van der Waals surface area contributed by atoms with E-state index in [4.69, 9.17) is 4.74 Å². The number of halogens is 1. The lowest BCUT2D eigenvalue weighted by Crippen LogP contribution is -2.40. The second kappa shape index (κ2) is 6.88. The molecule has 96 valence electrons. The van der Waals surface area contributed by atoms with E-state index in [0.717, 1.165) is 32.1 Å². The monoisotopic (exact) mass is 317 g/mol. The Morgan fingerprint density at radius 2 is 2.29 bits per heavy atom. The van der Waals surface area contributed by atoms with E-state index in [0.29, 0.717) is 6.04 Å². The first-order valence-electron chi connectivity index (χ1n) is 6.34. The van der Waals surface area contributed by atoms with Gasteiger partial charge in [-0.25, -0.2) is 0 Å². The van der Waals surface area contributed by atoms with Gasteiger partial charge in [0.1, 0.15) is 0 Å². The number of ether oxygens (including phenoxy) is 1. The molecule has 1 unspecified atom stereocenters. The molecule has 4 heteroatoms. The zero-order chi connectivity index (χ0) is 12.1. The molecule has 1 saturated heterocycles. The molecule has 17 heavy (non-hydrogen) atoms. The molecule has 0 spiro atoms. The van der Waals surface area contributed by atoms with Crippen LogP contribution in [-0.2, 0) is 11.2 Å². The van der Waals surface area contributed by atoms with Crippen molar-refractivity contribution in [2.45, 2.75) is 32.2 Å². The van der Waals surface area contributed by atoms with E-state index < -0.39 is 0 Å². The summed E-state index contributed by atoms with van der Waals surface area (Å²) in [5.41, 5.74) is 0. The van der Waals surface area contributed by atoms with Crippen molar-refractivity contribution < 1.29 is 4.74 Å². The topological polar surface area (TPSA) is 21.3 Å². The first kappa shape index (κ1) is 13.5. The number of likely N-dealkylation sites (N-methyl/N-ethyl adjacent to an activating group) is 1. The fourth-order valence-corrected chi connectivity index (χ4v) is 4.03. The highest BCUT2D eigenvalue weighted by molar-refractivity contribution is 9.10. The SMILES string of the molecule is CCNC(Cc1sccc1Br)C1CCOCC1. The molecule has 2 heterocycles. The minimum Gasteiger partial charge on any atom is -0.381 e. The zero-order valence-electron chi connectivity index (χ0n) is 10.2. The van der Waals surface area contributed by atoms with Gasteiger partial charge < -0.3 is 10.1 Å². The van der Waals surface area contributed by atoms with E-state index in [1.165, 1.54) is 22.2 Å². The Hall–Kier alpha value is 0.1000. The van der Waals surface area contributed by atoms with Gasteiger partial charge in [0.15, 0.2) is 0 Å². The van der Waals surface area contributed by atoms with Crippen molar-refractivity contribution in [2.24, 2.45) is 5.92 Å². The van der Waals surface area contributed by atoms with Gasteiger partial charge in [-0.1, -0.05) is 6.92 Å². The maximum Gasteiger partial charge on any atom is 0.0469 e. The molecule has 1 aliphatic rings. The van der Waals surface area contributed by atoms with Crippen LogP contribution >= 0.6 is 27.3 Å². The third-order valence-corrected chi connectivity index (χ3v) is 5.35. The van der Waals surface area contributed by atoms with Gasteiger partial charge in [0.05, 0.1) is 0 Å². The Morgan fingerprint density at radius 3 is 2.88 bits per heavy atom. The number of thiophene rings is 1. The molecule has 0 aliphatic carbocycles. The quantitative estimate of drug-likeness (QED) is 0.898. The largest absolute Gasteiger partial charge is 0.381 e. The van der Waals surface area contributed by atoms with Crippen molar-refractivity contribution in [3.63, 3.8) is 0 Å². The van der Waals surface area contributed by atoms with Gasteiger partial charge in [0, 0.05) is 28.6 Å². The Kier molecular flexibility index (Phi) is 5.48. The standard InChI is InChI=1S/C13H20BrNOS/c1-2-15-12(10-3-6-16-7-4-10)9-13-11(14)5-8-17-13/h5,8,10,12,15H,2-4,6-7,9H2,1H3. The fourth-order valence-electron chi connectivity index (χ4n) is 2.46. The molecule has 1 N–H and O–H groups in total. The summed E-state index contributed by atoms with van der Waals surface area (Å²) < 4.78 is 6.71. The van der Waals surface area contributed by atoms with Crippen LogP contribution in [0.15, 0.2) is 15.9 Å². The van der Waals surface area contributed by atoms with Gasteiger partial charge in [-0.05, 0) is 59.1 Å². The molecule has 1 aromatic rings. The lowest BCUT2D eigenvalue weighted by Gasteiger charge is -2.30. The average molecular weight is 318 g/mol. The highest BCUT2D eigenvalue weighted by Crippen LogP contribution is 2.28. The van der Waals surface area contributed by atoms with Crippen LogP contribution in [0.4, 0.5) is 0 Å². The van der Waals surface area contributed by atoms with E-state index in [9.17, 15) is 0 Å². The summed E-state index contributed by atoms with van der Waals surface area (Å²) in [6, 6.07) is 2.74. The van der Waals surface area contributed by atoms with E-state index in [-0.39, 0.29) is 0 Å². The molecule has 0 saturated carbocycles. The Labute approximate surface area is 116 Å². The fraction of sp³-hybridized carbons (Fsp3) is 0.692. The van der Waals surface area contributed by atoms with Crippen LogP contribution in [-0.4, -0.2) is 25.8 Å². The summed E-state index contributed by atoms with van der Waals surface area (Å²) in [6.45, 7) is 5.09. The summed E-state index contributed by atoms with van der Waals surface area (Å²) in [7, 11) is 0. The predicted octanol–water partition coefficient (Wildman–Crippen LogP) is 3.46. The third kappa shape index (κ3) is 3.78. The summed E-state index contributed by atoms with van der Waals surface area (Å²) in [5.74, 6) is 0.762. The minimum atomic E-state index is 0.596. The van der Waals surface area contributed by atoms with Gasteiger partial charge in [-0.15, -0.1) is 11.3 Å². The highest BCUT2D eigenvalue weighted by Gasteiger charge is 2.24. The van der Waals surface area contributed by atoms with Crippen molar-refractivity contribution in [1.82, 2.24) is 5.32 Å². The Bertz CT molecular complexity index is 336. The average Bonchev–Trinajstić information content (AvgIpc) is 2.76. The van der Waals surface area contributed by atoms with Crippen LogP contribution in [0.3, 0.4) is 0 Å². The van der Waals surface area contributed by atoms with Gasteiger partial charge in [0.25, 0.3) is 0 Å². The summed E-state index contributed by atoms with van der Waals surface area (Å²) in [4.78, 5) is 1.46. The second-order valence-corrected chi connectivity index (χ2v) is 6.36. The van der Waals surface area contributed by atoms with Crippen molar-refractivity contribution in [3.05, 3.63) is 20.8 Å². The van der Waals surface area contributed by atoms with E-state index in [2.05, 4.69) is 39.6 Å². The molecular formula is C13H20BrNOS.